The molecule has 0 fully saturated rings. The maximum absolute atomic E-state index is 5.28. The summed E-state index contributed by atoms with van der Waals surface area (Å²) >= 11 is 0. The fourth-order valence-electron chi connectivity index (χ4n) is 2.57. The standard InChI is InChI=1S/C18H25NO/c1-5-11-19-17(14-10-12-20-13-14)15-8-6-7-9-16(15)18(2,3)4/h6-10,12-13,17,19H,5,11H2,1-4H3. The first kappa shape index (κ1) is 14.9. The van der Waals surface area contributed by atoms with Gasteiger partial charge in [0.15, 0.2) is 0 Å². The van der Waals surface area contributed by atoms with Gasteiger partial charge in [0.1, 0.15) is 0 Å². The Bertz CT molecular complexity index is 523. The lowest BCUT2D eigenvalue weighted by Gasteiger charge is -2.27. The van der Waals surface area contributed by atoms with Gasteiger partial charge in [-0.3, -0.25) is 0 Å². The van der Waals surface area contributed by atoms with Crippen LogP contribution in [0, 0.1) is 0 Å². The normalized spacial score (nSPS) is 13.4. The highest BCUT2D eigenvalue weighted by Crippen LogP contribution is 2.32. The molecule has 108 valence electrons. The van der Waals surface area contributed by atoms with Crippen LogP contribution in [0.2, 0.25) is 0 Å². The minimum absolute atomic E-state index is 0.131. The number of furan rings is 1. The molecule has 0 aliphatic carbocycles. The fraction of sp³-hybridized carbons (Fsp3) is 0.444. The number of hydrogen-bond donors (Lipinski definition) is 1. The topological polar surface area (TPSA) is 25.2 Å². The fourth-order valence-corrected chi connectivity index (χ4v) is 2.57. The second-order valence-corrected chi connectivity index (χ2v) is 6.28. The van der Waals surface area contributed by atoms with Gasteiger partial charge in [-0.15, -0.1) is 0 Å². The van der Waals surface area contributed by atoms with Crippen molar-refractivity contribution in [1.82, 2.24) is 5.32 Å². The van der Waals surface area contributed by atoms with Crippen molar-refractivity contribution >= 4 is 0 Å². The highest BCUT2D eigenvalue weighted by atomic mass is 16.3. The van der Waals surface area contributed by atoms with E-state index in [4.69, 9.17) is 4.42 Å². The van der Waals surface area contributed by atoms with Gasteiger partial charge in [-0.2, -0.15) is 0 Å². The summed E-state index contributed by atoms with van der Waals surface area (Å²) in [6.07, 6.45) is 4.70. The van der Waals surface area contributed by atoms with Crippen molar-refractivity contribution in [3.05, 3.63) is 59.5 Å². The maximum atomic E-state index is 5.28. The van der Waals surface area contributed by atoms with Gasteiger partial charge in [-0.05, 0) is 35.6 Å². The van der Waals surface area contributed by atoms with Crippen LogP contribution in [0.15, 0.2) is 47.3 Å². The molecule has 0 aliphatic rings. The van der Waals surface area contributed by atoms with Gasteiger partial charge in [0.05, 0.1) is 18.6 Å². The molecule has 1 aromatic carbocycles. The number of hydrogen-bond acceptors (Lipinski definition) is 2. The maximum Gasteiger partial charge on any atom is 0.0953 e. The van der Waals surface area contributed by atoms with Crippen molar-refractivity contribution in [2.24, 2.45) is 0 Å². The Kier molecular flexibility index (Phi) is 4.66. The zero-order valence-corrected chi connectivity index (χ0v) is 12.9. The summed E-state index contributed by atoms with van der Waals surface area (Å²) in [7, 11) is 0. The van der Waals surface area contributed by atoms with E-state index >= 15 is 0 Å². The monoisotopic (exact) mass is 271 g/mol. The lowest BCUT2D eigenvalue weighted by molar-refractivity contribution is 0.533. The number of benzene rings is 1. The van der Waals surface area contributed by atoms with Crippen LogP contribution < -0.4 is 5.32 Å². The molecular weight excluding hydrogens is 246 g/mol. The molecule has 0 bridgehead atoms. The van der Waals surface area contributed by atoms with Gasteiger partial charge in [0.2, 0.25) is 0 Å². The van der Waals surface area contributed by atoms with Gasteiger partial charge >= 0.3 is 0 Å². The first-order chi connectivity index (χ1) is 9.54. The highest BCUT2D eigenvalue weighted by Gasteiger charge is 2.23. The summed E-state index contributed by atoms with van der Waals surface area (Å²) in [5.41, 5.74) is 4.05. The van der Waals surface area contributed by atoms with Crippen LogP contribution in [-0.4, -0.2) is 6.54 Å². The average Bonchev–Trinajstić information content (AvgIpc) is 2.92. The van der Waals surface area contributed by atoms with Gasteiger partial charge in [-0.1, -0.05) is 52.0 Å². The minimum atomic E-state index is 0.131. The molecule has 2 rings (SSSR count). The Labute approximate surface area is 122 Å². The SMILES string of the molecule is CCCNC(c1ccoc1)c1ccccc1C(C)(C)C. The van der Waals surface area contributed by atoms with Crippen molar-refractivity contribution < 1.29 is 4.42 Å². The molecular formula is C18H25NO. The molecule has 1 heterocycles. The average molecular weight is 271 g/mol. The molecule has 0 spiro atoms. The zero-order chi connectivity index (χ0) is 14.6. The smallest absolute Gasteiger partial charge is 0.0953 e. The van der Waals surface area contributed by atoms with Gasteiger partial charge in [0.25, 0.3) is 0 Å². The molecule has 0 radical (unpaired) electrons. The molecule has 20 heavy (non-hydrogen) atoms. The van der Waals surface area contributed by atoms with Crippen LogP contribution >= 0.6 is 0 Å². The summed E-state index contributed by atoms with van der Waals surface area (Å²) in [5, 5.41) is 3.64. The van der Waals surface area contributed by atoms with Gasteiger partial charge in [0, 0.05) is 5.56 Å². The Balaban J connectivity index is 2.44. The second-order valence-electron chi connectivity index (χ2n) is 6.28. The molecule has 1 unspecified atom stereocenters. The summed E-state index contributed by atoms with van der Waals surface area (Å²) in [4.78, 5) is 0. The van der Waals surface area contributed by atoms with E-state index in [-0.39, 0.29) is 11.5 Å². The van der Waals surface area contributed by atoms with Crippen LogP contribution in [0.3, 0.4) is 0 Å². The van der Waals surface area contributed by atoms with E-state index in [1.54, 1.807) is 6.26 Å². The van der Waals surface area contributed by atoms with Crippen molar-refractivity contribution in [1.29, 1.82) is 0 Å². The summed E-state index contributed by atoms with van der Waals surface area (Å²) < 4.78 is 5.28. The minimum Gasteiger partial charge on any atom is -0.472 e. The van der Waals surface area contributed by atoms with Crippen molar-refractivity contribution in [3.63, 3.8) is 0 Å². The first-order valence-electron chi connectivity index (χ1n) is 7.39. The number of nitrogens with one attached hydrogen (secondary N) is 1. The van der Waals surface area contributed by atoms with E-state index in [0.29, 0.717) is 0 Å². The molecule has 2 nitrogen and oxygen atoms in total. The predicted molar refractivity (Wildman–Crippen MR) is 84.0 cm³/mol. The molecule has 1 atom stereocenters. The molecule has 1 aromatic heterocycles. The lowest BCUT2D eigenvalue weighted by Crippen LogP contribution is -2.26. The molecule has 2 heteroatoms. The van der Waals surface area contributed by atoms with Crippen LogP contribution in [-0.2, 0) is 5.41 Å². The quantitative estimate of drug-likeness (QED) is 0.855. The van der Waals surface area contributed by atoms with E-state index in [0.717, 1.165) is 13.0 Å². The van der Waals surface area contributed by atoms with Crippen molar-refractivity contribution in [2.45, 2.75) is 45.6 Å². The largest absolute Gasteiger partial charge is 0.472 e. The van der Waals surface area contributed by atoms with E-state index in [2.05, 4.69) is 57.3 Å². The molecule has 1 N–H and O–H groups in total. The van der Waals surface area contributed by atoms with Crippen molar-refractivity contribution in [3.8, 4) is 0 Å². The van der Waals surface area contributed by atoms with E-state index in [9.17, 15) is 0 Å². The summed E-state index contributed by atoms with van der Waals surface area (Å²) in [5.74, 6) is 0. The first-order valence-corrected chi connectivity index (χ1v) is 7.39. The van der Waals surface area contributed by atoms with Crippen LogP contribution in [0.5, 0.6) is 0 Å². The third-order valence-corrected chi connectivity index (χ3v) is 3.55. The predicted octanol–water partition coefficient (Wildman–Crippen LogP) is 4.67. The molecule has 0 amide bonds. The lowest BCUT2D eigenvalue weighted by atomic mass is 9.81. The zero-order valence-electron chi connectivity index (χ0n) is 12.9. The molecule has 0 saturated heterocycles. The van der Waals surface area contributed by atoms with Crippen LogP contribution in [0.25, 0.3) is 0 Å². The third kappa shape index (κ3) is 3.31. The van der Waals surface area contributed by atoms with Gasteiger partial charge < -0.3 is 9.73 Å². The van der Waals surface area contributed by atoms with Crippen molar-refractivity contribution in [2.75, 3.05) is 6.54 Å². The Morgan fingerprint density at radius 2 is 1.90 bits per heavy atom. The van der Waals surface area contributed by atoms with Gasteiger partial charge in [-0.25, -0.2) is 0 Å². The van der Waals surface area contributed by atoms with Crippen LogP contribution in [0.4, 0.5) is 0 Å². The molecule has 0 aliphatic heterocycles. The van der Waals surface area contributed by atoms with E-state index < -0.39 is 0 Å². The Morgan fingerprint density at radius 3 is 2.50 bits per heavy atom. The molecule has 0 saturated carbocycles. The van der Waals surface area contributed by atoms with E-state index in [1.165, 1.54) is 16.7 Å². The summed E-state index contributed by atoms with van der Waals surface area (Å²) in [6, 6.07) is 10.9. The highest BCUT2D eigenvalue weighted by molar-refractivity contribution is 5.39. The Morgan fingerprint density at radius 1 is 1.15 bits per heavy atom. The number of rotatable bonds is 5. The molecule has 2 aromatic rings. The van der Waals surface area contributed by atoms with Crippen LogP contribution in [0.1, 0.15) is 56.8 Å². The van der Waals surface area contributed by atoms with E-state index in [1.807, 2.05) is 12.3 Å². The summed E-state index contributed by atoms with van der Waals surface area (Å²) in [6.45, 7) is 9.97. The second kappa shape index (κ2) is 6.27. The third-order valence-electron chi connectivity index (χ3n) is 3.55. The Hall–Kier alpha value is -1.54.